The summed E-state index contributed by atoms with van der Waals surface area (Å²) in [7, 11) is 1.69. The van der Waals surface area contributed by atoms with Crippen molar-refractivity contribution in [2.75, 3.05) is 12.0 Å². The molecule has 4 aromatic rings. The van der Waals surface area contributed by atoms with Crippen LogP contribution in [0.25, 0.3) is 5.69 Å². The molecule has 0 amide bonds. The smallest absolute Gasteiger partial charge is 0.174 e. The van der Waals surface area contributed by atoms with E-state index in [-0.39, 0.29) is 12.1 Å². The van der Waals surface area contributed by atoms with Gasteiger partial charge < -0.3 is 19.5 Å². The van der Waals surface area contributed by atoms with Crippen LogP contribution in [0.2, 0.25) is 0 Å². The number of nitrogens with zero attached hydrogens (tertiary/aromatic N) is 3. The molecule has 1 N–H and O–H groups in total. The fourth-order valence-electron chi connectivity index (χ4n) is 4.70. The molecule has 2 aromatic carbocycles. The predicted molar refractivity (Wildman–Crippen MR) is 141 cm³/mol. The molecule has 0 unspecified atom stereocenters. The Morgan fingerprint density at radius 1 is 0.941 bits per heavy atom. The Balaban J connectivity index is 1.66. The monoisotopic (exact) mass is 468 g/mol. The van der Waals surface area contributed by atoms with Crippen LogP contribution in [0.4, 0.5) is 5.69 Å². The number of anilines is 1. The Morgan fingerprint density at radius 2 is 1.68 bits per heavy atom. The molecular weight excluding hydrogens is 440 g/mol. The van der Waals surface area contributed by atoms with Gasteiger partial charge in [-0.15, -0.1) is 0 Å². The van der Waals surface area contributed by atoms with Crippen LogP contribution in [0.1, 0.15) is 41.7 Å². The molecule has 1 aliphatic rings. The van der Waals surface area contributed by atoms with Crippen molar-refractivity contribution >= 4 is 23.0 Å². The summed E-state index contributed by atoms with van der Waals surface area (Å²) in [6, 6.07) is 27.1. The number of aryl methyl sites for hydroxylation is 2. The molecule has 1 aliphatic heterocycles. The molecule has 2 atom stereocenters. The topological polar surface area (TPSA) is 42.3 Å². The lowest BCUT2D eigenvalue weighted by Gasteiger charge is -2.29. The minimum Gasteiger partial charge on any atom is -0.497 e. The third-order valence-corrected chi connectivity index (χ3v) is 6.78. The van der Waals surface area contributed by atoms with Gasteiger partial charge in [-0.3, -0.25) is 4.98 Å². The van der Waals surface area contributed by atoms with E-state index in [9.17, 15) is 0 Å². The van der Waals surface area contributed by atoms with Crippen LogP contribution in [0.5, 0.6) is 5.75 Å². The van der Waals surface area contributed by atoms with E-state index in [2.05, 4.69) is 88.2 Å². The number of aromatic nitrogens is 2. The Kier molecular flexibility index (Phi) is 6.07. The van der Waals surface area contributed by atoms with E-state index in [1.165, 1.54) is 5.56 Å². The second-order valence-electron chi connectivity index (χ2n) is 8.45. The maximum absolute atomic E-state index is 5.90. The molecular formula is C28H28N4OS. The Morgan fingerprint density at radius 3 is 2.32 bits per heavy atom. The number of methoxy groups -OCH3 is 1. The highest BCUT2D eigenvalue weighted by Crippen LogP contribution is 2.42. The van der Waals surface area contributed by atoms with Gasteiger partial charge in [0, 0.05) is 29.0 Å². The van der Waals surface area contributed by atoms with Crippen molar-refractivity contribution in [3.63, 3.8) is 0 Å². The maximum Gasteiger partial charge on any atom is 0.174 e. The standard InChI is InChI=1S/C28H28N4OS/c1-4-20-9-11-22(12-10-20)32-27(26(30-28(32)34)24-7-5-6-18-29-24)25-17-8-19(2)31(25)21-13-15-23(33-3)16-14-21/h5-18,26-27H,4H2,1-3H3,(H,30,34)/t26-,27+/m0/s1. The van der Waals surface area contributed by atoms with Gasteiger partial charge in [0.15, 0.2) is 5.11 Å². The summed E-state index contributed by atoms with van der Waals surface area (Å²) >= 11 is 5.90. The summed E-state index contributed by atoms with van der Waals surface area (Å²) < 4.78 is 7.67. The minimum atomic E-state index is -0.0918. The van der Waals surface area contributed by atoms with E-state index in [0.717, 1.165) is 40.6 Å². The van der Waals surface area contributed by atoms with Crippen LogP contribution < -0.4 is 15.0 Å². The maximum atomic E-state index is 5.90. The van der Waals surface area contributed by atoms with Gasteiger partial charge in [0.2, 0.25) is 0 Å². The summed E-state index contributed by atoms with van der Waals surface area (Å²) in [5.41, 5.74) is 6.71. The summed E-state index contributed by atoms with van der Waals surface area (Å²) in [4.78, 5) is 6.91. The Labute approximate surface area is 206 Å². The molecule has 2 aromatic heterocycles. The van der Waals surface area contributed by atoms with Crippen molar-refractivity contribution in [1.29, 1.82) is 0 Å². The summed E-state index contributed by atoms with van der Waals surface area (Å²) in [6.07, 6.45) is 2.84. The number of pyridine rings is 1. The summed E-state index contributed by atoms with van der Waals surface area (Å²) in [5, 5.41) is 4.26. The van der Waals surface area contributed by atoms with Crippen molar-refractivity contribution in [1.82, 2.24) is 14.9 Å². The molecule has 1 saturated heterocycles. The summed E-state index contributed by atoms with van der Waals surface area (Å²) in [6.45, 7) is 4.30. The third-order valence-electron chi connectivity index (χ3n) is 6.46. The van der Waals surface area contributed by atoms with Gasteiger partial charge in [0.05, 0.1) is 18.8 Å². The number of rotatable bonds is 6. The second-order valence-corrected chi connectivity index (χ2v) is 8.84. The van der Waals surface area contributed by atoms with Gasteiger partial charge >= 0.3 is 0 Å². The lowest BCUT2D eigenvalue weighted by molar-refractivity contribution is 0.414. The van der Waals surface area contributed by atoms with Gasteiger partial charge in [-0.1, -0.05) is 25.1 Å². The molecule has 5 rings (SSSR count). The molecule has 0 bridgehead atoms. The van der Waals surface area contributed by atoms with Crippen molar-refractivity contribution in [3.8, 4) is 11.4 Å². The molecule has 0 saturated carbocycles. The largest absolute Gasteiger partial charge is 0.497 e. The lowest BCUT2D eigenvalue weighted by Crippen LogP contribution is -2.30. The van der Waals surface area contributed by atoms with Crippen LogP contribution in [-0.4, -0.2) is 21.8 Å². The van der Waals surface area contributed by atoms with Gasteiger partial charge in [0.1, 0.15) is 11.8 Å². The SMILES string of the molecule is CCc1ccc(N2C(=S)N[C@@H](c3ccccn3)[C@H]2c2ccc(C)n2-c2ccc(OC)cc2)cc1. The highest BCUT2D eigenvalue weighted by atomic mass is 32.1. The molecule has 5 nitrogen and oxygen atoms in total. The molecule has 0 aliphatic carbocycles. The molecule has 3 heterocycles. The van der Waals surface area contributed by atoms with E-state index in [0.29, 0.717) is 5.11 Å². The van der Waals surface area contributed by atoms with Gasteiger partial charge in [-0.05, 0) is 91.8 Å². The van der Waals surface area contributed by atoms with E-state index in [1.807, 2.05) is 30.5 Å². The molecule has 0 spiro atoms. The fraction of sp³-hybridized carbons (Fsp3) is 0.214. The lowest BCUT2D eigenvalue weighted by atomic mass is 10.0. The molecule has 0 radical (unpaired) electrons. The average Bonchev–Trinajstić information content (AvgIpc) is 3.44. The molecule has 172 valence electrons. The normalized spacial score (nSPS) is 17.6. The highest BCUT2D eigenvalue weighted by Gasteiger charge is 2.42. The molecule has 1 fully saturated rings. The van der Waals surface area contributed by atoms with E-state index >= 15 is 0 Å². The third kappa shape index (κ3) is 3.94. The van der Waals surface area contributed by atoms with Gasteiger partial charge in [0.25, 0.3) is 0 Å². The first-order chi connectivity index (χ1) is 16.6. The number of benzene rings is 2. The van der Waals surface area contributed by atoms with E-state index in [1.54, 1.807) is 7.11 Å². The van der Waals surface area contributed by atoms with Crippen LogP contribution in [0, 0.1) is 6.92 Å². The Hall–Kier alpha value is -3.64. The zero-order valence-corrected chi connectivity index (χ0v) is 20.4. The predicted octanol–water partition coefficient (Wildman–Crippen LogP) is 5.93. The van der Waals surface area contributed by atoms with Gasteiger partial charge in [-0.2, -0.15) is 0 Å². The number of thiocarbonyl (C=S) groups is 1. The number of nitrogens with one attached hydrogen (secondary N) is 1. The zero-order valence-electron chi connectivity index (χ0n) is 19.6. The number of hydrogen-bond donors (Lipinski definition) is 1. The second kappa shape index (κ2) is 9.31. The number of ether oxygens (including phenoxy) is 1. The highest BCUT2D eigenvalue weighted by molar-refractivity contribution is 7.80. The quantitative estimate of drug-likeness (QED) is 0.355. The van der Waals surface area contributed by atoms with E-state index < -0.39 is 0 Å². The van der Waals surface area contributed by atoms with E-state index in [4.69, 9.17) is 17.0 Å². The van der Waals surface area contributed by atoms with Crippen molar-refractivity contribution in [3.05, 3.63) is 108 Å². The average molecular weight is 469 g/mol. The fourth-order valence-corrected chi connectivity index (χ4v) is 5.05. The van der Waals surface area contributed by atoms with Crippen molar-refractivity contribution < 1.29 is 4.74 Å². The first kappa shape index (κ1) is 22.2. The van der Waals surface area contributed by atoms with Crippen molar-refractivity contribution in [2.45, 2.75) is 32.4 Å². The van der Waals surface area contributed by atoms with Crippen LogP contribution in [0.15, 0.2) is 85.1 Å². The van der Waals surface area contributed by atoms with Crippen LogP contribution in [0.3, 0.4) is 0 Å². The van der Waals surface area contributed by atoms with Crippen LogP contribution in [-0.2, 0) is 6.42 Å². The molecule has 6 heteroatoms. The minimum absolute atomic E-state index is 0.0781. The number of hydrogen-bond acceptors (Lipinski definition) is 3. The van der Waals surface area contributed by atoms with Gasteiger partial charge in [-0.25, -0.2) is 0 Å². The zero-order chi connectivity index (χ0) is 23.7. The first-order valence-corrected chi connectivity index (χ1v) is 11.9. The van der Waals surface area contributed by atoms with Crippen molar-refractivity contribution in [2.24, 2.45) is 0 Å². The summed E-state index contributed by atoms with van der Waals surface area (Å²) in [5.74, 6) is 0.836. The van der Waals surface area contributed by atoms with Crippen LogP contribution >= 0.6 is 12.2 Å². The Bertz CT molecular complexity index is 1280. The first-order valence-electron chi connectivity index (χ1n) is 11.5. The molecule has 34 heavy (non-hydrogen) atoms.